The molecule has 1 aromatic heterocycles. The number of H-pyrrole nitrogens is 1. The largest absolute Gasteiger partial charge is 0.377 e. The van der Waals surface area contributed by atoms with Crippen molar-refractivity contribution in [2.75, 3.05) is 0 Å². The average Bonchev–Trinajstić information content (AvgIpc) is 2.11. The van der Waals surface area contributed by atoms with Gasteiger partial charge in [-0.3, -0.25) is 0 Å². The molecule has 1 rings (SSSR count). The molecule has 1 heterocycles. The number of imidazole rings is 1. The first kappa shape index (κ1) is 7.90. The summed E-state index contributed by atoms with van der Waals surface area (Å²) in [6.45, 7) is 0. The molecule has 4 nitrogen and oxygen atoms in total. The van der Waals surface area contributed by atoms with Crippen LogP contribution < -0.4 is 11.5 Å². The van der Waals surface area contributed by atoms with E-state index in [1.165, 1.54) is 0 Å². The molecular formula is C4H8N4S. The van der Waals surface area contributed by atoms with Gasteiger partial charge in [0.1, 0.15) is 0 Å². The number of nitrogens with one attached hydrogen (secondary N) is 1. The van der Waals surface area contributed by atoms with Gasteiger partial charge < -0.3 is 16.5 Å². The van der Waals surface area contributed by atoms with Crippen LogP contribution >= 0.6 is 12.2 Å². The third-order valence-corrected chi connectivity index (χ3v) is 0.406. The van der Waals surface area contributed by atoms with Crippen LogP contribution in [0, 0.1) is 0 Å². The average molecular weight is 144 g/mol. The summed E-state index contributed by atoms with van der Waals surface area (Å²) < 4.78 is 0. The molecule has 0 atom stereocenters. The lowest BCUT2D eigenvalue weighted by atomic mass is 11.0. The van der Waals surface area contributed by atoms with Gasteiger partial charge in [-0.1, -0.05) is 0 Å². The van der Waals surface area contributed by atoms with Crippen molar-refractivity contribution in [2.24, 2.45) is 11.5 Å². The molecule has 5 heteroatoms. The highest BCUT2D eigenvalue weighted by Gasteiger charge is 1.56. The smallest absolute Gasteiger partial charge is 0.160 e. The summed E-state index contributed by atoms with van der Waals surface area (Å²) >= 11 is 4.09. The maximum Gasteiger partial charge on any atom is 0.160 e. The van der Waals surface area contributed by atoms with E-state index in [2.05, 4.69) is 33.7 Å². The summed E-state index contributed by atoms with van der Waals surface area (Å²) in [5, 5.41) is 0.000000000000000222. The third kappa shape index (κ3) is 10.9. The normalized spacial score (nSPS) is 7.11. The molecule has 0 aliphatic rings. The Balaban J connectivity index is 0.000000148. The van der Waals surface area contributed by atoms with E-state index in [4.69, 9.17) is 0 Å². The van der Waals surface area contributed by atoms with E-state index in [1.54, 1.807) is 18.7 Å². The number of hydrogen-bond acceptors (Lipinski definition) is 2. The van der Waals surface area contributed by atoms with E-state index in [1.807, 2.05) is 0 Å². The summed E-state index contributed by atoms with van der Waals surface area (Å²) in [5.74, 6) is 0. The molecule has 0 aliphatic carbocycles. The van der Waals surface area contributed by atoms with Crippen LogP contribution in [0.15, 0.2) is 18.7 Å². The van der Waals surface area contributed by atoms with E-state index in [0.29, 0.717) is 0 Å². The second-order valence-electron chi connectivity index (χ2n) is 1.16. The fourth-order valence-electron chi connectivity index (χ4n) is 0.215. The van der Waals surface area contributed by atoms with Crippen molar-refractivity contribution in [3.8, 4) is 0 Å². The first-order valence-electron chi connectivity index (χ1n) is 2.21. The van der Waals surface area contributed by atoms with Crippen molar-refractivity contribution < 1.29 is 0 Å². The van der Waals surface area contributed by atoms with Gasteiger partial charge in [-0.05, 0) is 12.2 Å². The molecule has 0 aliphatic heterocycles. The molecule has 0 aromatic carbocycles. The Bertz CT molecular complexity index is 126. The predicted molar refractivity (Wildman–Crippen MR) is 39.6 cm³/mol. The Morgan fingerprint density at radius 3 is 2.22 bits per heavy atom. The van der Waals surface area contributed by atoms with Gasteiger partial charge in [0.15, 0.2) is 5.11 Å². The lowest BCUT2D eigenvalue weighted by Gasteiger charge is -1.68. The fraction of sp³-hybridized carbons (Fsp3) is 0. The number of aromatic nitrogens is 2. The minimum atomic E-state index is 0.000000000000000222. The van der Waals surface area contributed by atoms with Crippen LogP contribution in [-0.2, 0) is 0 Å². The molecular weight excluding hydrogens is 136 g/mol. The quantitative estimate of drug-likeness (QED) is 0.433. The van der Waals surface area contributed by atoms with Gasteiger partial charge in [0.2, 0.25) is 0 Å². The summed E-state index contributed by atoms with van der Waals surface area (Å²) in [5.41, 5.74) is 9.24. The maximum atomic E-state index is 4.62. The summed E-state index contributed by atoms with van der Waals surface area (Å²) in [6.07, 6.45) is 5.08. The minimum absolute atomic E-state index is 0.000000000000000222. The molecule has 5 N–H and O–H groups in total. The van der Waals surface area contributed by atoms with Crippen LogP contribution in [0.5, 0.6) is 0 Å². The molecule has 0 radical (unpaired) electrons. The molecule has 0 bridgehead atoms. The van der Waals surface area contributed by atoms with Gasteiger partial charge in [-0.2, -0.15) is 0 Å². The van der Waals surface area contributed by atoms with Crippen molar-refractivity contribution in [3.05, 3.63) is 18.7 Å². The zero-order valence-electron chi connectivity index (χ0n) is 4.74. The van der Waals surface area contributed by atoms with E-state index >= 15 is 0 Å². The maximum absolute atomic E-state index is 4.62. The van der Waals surface area contributed by atoms with Gasteiger partial charge in [0.25, 0.3) is 0 Å². The first-order valence-corrected chi connectivity index (χ1v) is 2.62. The number of nitrogens with zero attached hydrogens (tertiary/aromatic N) is 1. The highest BCUT2D eigenvalue weighted by atomic mass is 32.1. The molecule has 0 unspecified atom stereocenters. The highest BCUT2D eigenvalue weighted by molar-refractivity contribution is 7.80. The monoisotopic (exact) mass is 144 g/mol. The summed E-state index contributed by atoms with van der Waals surface area (Å²) in [7, 11) is 0. The van der Waals surface area contributed by atoms with Gasteiger partial charge in [0.05, 0.1) is 6.33 Å². The Morgan fingerprint density at radius 2 is 2.11 bits per heavy atom. The van der Waals surface area contributed by atoms with Crippen LogP contribution in [0.2, 0.25) is 0 Å². The van der Waals surface area contributed by atoms with Crippen molar-refractivity contribution >= 4 is 17.3 Å². The zero-order valence-corrected chi connectivity index (χ0v) is 5.56. The standard InChI is InChI=1S/C3H4N2.CH4N2S/c1-2-5-3-4-1;2-1(3)4/h1-3H,(H,4,5);(H4,2,3,4). The Morgan fingerprint density at radius 1 is 1.56 bits per heavy atom. The lowest BCUT2D eigenvalue weighted by Crippen LogP contribution is -2.18. The van der Waals surface area contributed by atoms with Gasteiger partial charge in [-0.25, -0.2) is 4.98 Å². The van der Waals surface area contributed by atoms with Crippen molar-refractivity contribution in [3.63, 3.8) is 0 Å². The van der Waals surface area contributed by atoms with E-state index in [9.17, 15) is 0 Å². The Labute approximate surface area is 58.3 Å². The topological polar surface area (TPSA) is 80.7 Å². The molecule has 0 saturated carbocycles. The predicted octanol–water partition coefficient (Wildman–Crippen LogP) is -0.402. The van der Waals surface area contributed by atoms with Crippen LogP contribution in [0.4, 0.5) is 0 Å². The molecule has 0 saturated heterocycles. The molecule has 1 aromatic rings. The van der Waals surface area contributed by atoms with Crippen LogP contribution in [0.3, 0.4) is 0 Å². The van der Waals surface area contributed by atoms with Gasteiger partial charge in [0, 0.05) is 12.4 Å². The third-order valence-electron chi connectivity index (χ3n) is 0.406. The van der Waals surface area contributed by atoms with Crippen molar-refractivity contribution in [2.45, 2.75) is 0 Å². The van der Waals surface area contributed by atoms with Gasteiger partial charge >= 0.3 is 0 Å². The van der Waals surface area contributed by atoms with E-state index in [0.717, 1.165) is 0 Å². The molecule has 0 spiro atoms. The minimum Gasteiger partial charge on any atom is -0.377 e. The summed E-state index contributed by atoms with van der Waals surface area (Å²) in [6, 6.07) is 0. The second kappa shape index (κ2) is 5.04. The number of hydrogen-bond donors (Lipinski definition) is 3. The summed E-state index contributed by atoms with van der Waals surface area (Å²) in [4.78, 5) is 6.42. The highest BCUT2D eigenvalue weighted by Crippen LogP contribution is 1.62. The zero-order chi connectivity index (χ0) is 7.11. The lowest BCUT2D eigenvalue weighted by molar-refractivity contribution is 1.31. The van der Waals surface area contributed by atoms with Crippen LogP contribution in [-0.4, -0.2) is 15.1 Å². The first-order chi connectivity index (χ1) is 4.23. The van der Waals surface area contributed by atoms with Crippen molar-refractivity contribution in [1.29, 1.82) is 0 Å². The number of nitrogens with two attached hydrogens (primary N) is 2. The van der Waals surface area contributed by atoms with E-state index < -0.39 is 0 Å². The number of thiocarbonyl (C=S) groups is 1. The van der Waals surface area contributed by atoms with Crippen LogP contribution in [0.1, 0.15) is 0 Å². The number of aromatic amines is 1. The molecule has 0 fully saturated rings. The molecule has 0 amide bonds. The van der Waals surface area contributed by atoms with E-state index in [-0.39, 0.29) is 5.11 Å². The van der Waals surface area contributed by atoms with Crippen molar-refractivity contribution in [1.82, 2.24) is 9.97 Å². The number of rotatable bonds is 0. The SMILES string of the molecule is NC(N)=S.c1c[nH]cn1. The Kier molecular flexibility index (Phi) is 4.43. The Hall–Kier alpha value is -1.10. The fourth-order valence-corrected chi connectivity index (χ4v) is 0.215. The van der Waals surface area contributed by atoms with Crippen LogP contribution in [0.25, 0.3) is 0 Å². The molecule has 50 valence electrons. The molecule has 9 heavy (non-hydrogen) atoms. The van der Waals surface area contributed by atoms with Gasteiger partial charge in [-0.15, -0.1) is 0 Å². The second-order valence-corrected chi connectivity index (χ2v) is 1.63.